The highest BCUT2D eigenvalue weighted by Gasteiger charge is 2.24. The zero-order chi connectivity index (χ0) is 22.1. The average molecular weight is 402 g/mol. The highest BCUT2D eigenvalue weighted by Crippen LogP contribution is 2.39. The van der Waals surface area contributed by atoms with Gasteiger partial charge in [0, 0.05) is 19.2 Å². The van der Waals surface area contributed by atoms with Gasteiger partial charge in [-0.25, -0.2) is 0 Å². The molecule has 1 aliphatic carbocycles. The molecule has 30 heavy (non-hydrogen) atoms. The van der Waals surface area contributed by atoms with Crippen LogP contribution in [0.25, 0.3) is 5.57 Å². The van der Waals surface area contributed by atoms with Crippen LogP contribution in [-0.2, 0) is 6.42 Å². The van der Waals surface area contributed by atoms with Gasteiger partial charge in [-0.3, -0.25) is 0 Å². The first-order valence-electron chi connectivity index (χ1n) is 11.5. The summed E-state index contributed by atoms with van der Waals surface area (Å²) in [6.45, 7) is 11.1. The van der Waals surface area contributed by atoms with Crippen molar-refractivity contribution in [2.75, 3.05) is 7.05 Å². The van der Waals surface area contributed by atoms with E-state index in [-0.39, 0.29) is 5.92 Å². The van der Waals surface area contributed by atoms with E-state index >= 15 is 0 Å². The molecule has 1 nitrogen and oxygen atoms in total. The SMILES string of the molecule is C#CC(C1=CCCc2cc(C(/C=N\C)CC)ccc21)/C(CC)=C(\C)CCC=C(C)C. The van der Waals surface area contributed by atoms with Crippen LogP contribution in [0.3, 0.4) is 0 Å². The molecule has 0 fully saturated rings. The minimum Gasteiger partial charge on any atom is -0.300 e. The molecule has 2 unspecified atom stereocenters. The molecule has 0 saturated heterocycles. The first kappa shape index (κ1) is 23.9. The van der Waals surface area contributed by atoms with Crippen LogP contribution in [0.1, 0.15) is 89.3 Å². The molecule has 0 amide bonds. The number of aryl methyl sites for hydroxylation is 1. The van der Waals surface area contributed by atoms with E-state index in [1.165, 1.54) is 39.0 Å². The molecule has 2 atom stereocenters. The molecule has 1 aromatic rings. The Hall–Kier alpha value is -2.33. The number of hydrogen-bond donors (Lipinski definition) is 0. The van der Waals surface area contributed by atoms with Crippen LogP contribution in [0.5, 0.6) is 0 Å². The van der Waals surface area contributed by atoms with Gasteiger partial charge >= 0.3 is 0 Å². The van der Waals surface area contributed by atoms with E-state index < -0.39 is 0 Å². The minimum atomic E-state index is 0.0748. The normalized spacial score (nSPS) is 16.2. The number of allylic oxidation sites excluding steroid dienone is 6. The van der Waals surface area contributed by atoms with Crippen molar-refractivity contribution in [2.45, 2.75) is 79.1 Å². The fraction of sp³-hybridized carbons (Fsp3) is 0.483. The van der Waals surface area contributed by atoms with Crippen molar-refractivity contribution < 1.29 is 0 Å². The molecule has 0 saturated carbocycles. The molecule has 0 heterocycles. The van der Waals surface area contributed by atoms with E-state index in [0.29, 0.717) is 5.92 Å². The van der Waals surface area contributed by atoms with E-state index in [9.17, 15) is 0 Å². The maximum atomic E-state index is 6.14. The summed E-state index contributed by atoms with van der Waals surface area (Å²) in [5.41, 5.74) is 9.74. The topological polar surface area (TPSA) is 12.4 Å². The molecular formula is C29H39N. The first-order valence-corrected chi connectivity index (χ1v) is 11.5. The van der Waals surface area contributed by atoms with E-state index in [2.05, 4.69) is 82.1 Å². The quantitative estimate of drug-likeness (QED) is 0.226. The largest absolute Gasteiger partial charge is 0.300 e. The van der Waals surface area contributed by atoms with Gasteiger partial charge in [-0.05, 0) is 81.6 Å². The number of benzene rings is 1. The van der Waals surface area contributed by atoms with Crippen molar-refractivity contribution in [3.8, 4) is 12.3 Å². The van der Waals surface area contributed by atoms with E-state index in [0.717, 1.165) is 38.5 Å². The minimum absolute atomic E-state index is 0.0748. The van der Waals surface area contributed by atoms with Gasteiger partial charge in [0.2, 0.25) is 0 Å². The lowest BCUT2D eigenvalue weighted by molar-refractivity contribution is 0.831. The molecule has 0 radical (unpaired) electrons. The highest BCUT2D eigenvalue weighted by atomic mass is 14.6. The Morgan fingerprint density at radius 1 is 1.23 bits per heavy atom. The Balaban J connectivity index is 2.39. The lowest BCUT2D eigenvalue weighted by atomic mass is 9.77. The fourth-order valence-electron chi connectivity index (χ4n) is 4.57. The molecule has 2 rings (SSSR count). The second kappa shape index (κ2) is 11.8. The summed E-state index contributed by atoms with van der Waals surface area (Å²) in [5.74, 6) is 3.61. The van der Waals surface area contributed by atoms with Gasteiger partial charge in [-0.2, -0.15) is 0 Å². The molecule has 1 heteroatoms. The number of nitrogens with zero attached hydrogens (tertiary/aromatic N) is 1. The Morgan fingerprint density at radius 2 is 2.00 bits per heavy atom. The molecule has 0 N–H and O–H groups in total. The molecule has 0 aliphatic heterocycles. The Kier molecular flexibility index (Phi) is 9.38. The average Bonchev–Trinajstić information content (AvgIpc) is 2.74. The fourth-order valence-corrected chi connectivity index (χ4v) is 4.57. The van der Waals surface area contributed by atoms with Crippen molar-refractivity contribution in [2.24, 2.45) is 10.9 Å². The molecular weight excluding hydrogens is 362 g/mol. The van der Waals surface area contributed by atoms with Crippen LogP contribution in [-0.4, -0.2) is 13.3 Å². The molecule has 0 bridgehead atoms. The molecule has 0 aromatic heterocycles. The van der Waals surface area contributed by atoms with Crippen LogP contribution in [0.4, 0.5) is 0 Å². The maximum Gasteiger partial charge on any atom is 0.0664 e. The lowest BCUT2D eigenvalue weighted by Crippen LogP contribution is -2.12. The van der Waals surface area contributed by atoms with E-state index in [4.69, 9.17) is 6.42 Å². The number of rotatable bonds is 9. The second-order valence-corrected chi connectivity index (χ2v) is 8.62. The molecule has 160 valence electrons. The van der Waals surface area contributed by atoms with E-state index in [1.54, 1.807) is 0 Å². The van der Waals surface area contributed by atoms with Crippen LogP contribution < -0.4 is 0 Å². The Morgan fingerprint density at radius 3 is 2.60 bits per heavy atom. The van der Waals surface area contributed by atoms with Gasteiger partial charge in [-0.15, -0.1) is 6.42 Å². The molecule has 1 aromatic carbocycles. The summed E-state index contributed by atoms with van der Waals surface area (Å²) < 4.78 is 0. The van der Waals surface area contributed by atoms with Crippen LogP contribution >= 0.6 is 0 Å². The van der Waals surface area contributed by atoms with Crippen molar-refractivity contribution in [3.05, 3.63) is 63.8 Å². The summed E-state index contributed by atoms with van der Waals surface area (Å²) in [6.07, 6.45) is 19.3. The van der Waals surface area contributed by atoms with Gasteiger partial charge in [-0.1, -0.05) is 66.8 Å². The summed E-state index contributed by atoms with van der Waals surface area (Å²) in [7, 11) is 1.86. The maximum absolute atomic E-state index is 6.14. The van der Waals surface area contributed by atoms with Crippen molar-refractivity contribution in [1.29, 1.82) is 0 Å². The predicted molar refractivity (Wildman–Crippen MR) is 134 cm³/mol. The molecule has 0 spiro atoms. The Bertz CT molecular complexity index is 881. The second-order valence-electron chi connectivity index (χ2n) is 8.62. The summed E-state index contributed by atoms with van der Waals surface area (Å²) in [6, 6.07) is 6.97. The first-order chi connectivity index (χ1) is 14.5. The van der Waals surface area contributed by atoms with Crippen molar-refractivity contribution >= 4 is 11.8 Å². The van der Waals surface area contributed by atoms with Crippen LogP contribution in [0.15, 0.2) is 52.1 Å². The van der Waals surface area contributed by atoms with Gasteiger partial charge < -0.3 is 4.99 Å². The standard InChI is InChI=1S/C29H39N/c1-8-23(20-30-7)24-17-18-28-25(19-24)15-12-16-29(28)27(10-3)26(9-2)22(6)14-11-13-21(4)5/h3,13,16-20,23,27H,8-9,11-12,14-15H2,1-2,4-7H3/b26-22+,30-20-. The summed E-state index contributed by atoms with van der Waals surface area (Å²) >= 11 is 0. The molecule has 1 aliphatic rings. The summed E-state index contributed by atoms with van der Waals surface area (Å²) in [4.78, 5) is 4.27. The smallest absolute Gasteiger partial charge is 0.0664 e. The third kappa shape index (κ3) is 5.85. The zero-order valence-electron chi connectivity index (χ0n) is 19.9. The van der Waals surface area contributed by atoms with Crippen LogP contribution in [0.2, 0.25) is 0 Å². The predicted octanol–water partition coefficient (Wildman–Crippen LogP) is 7.93. The van der Waals surface area contributed by atoms with Gasteiger partial charge in [0.1, 0.15) is 0 Å². The number of hydrogen-bond acceptors (Lipinski definition) is 1. The lowest BCUT2D eigenvalue weighted by Gasteiger charge is -2.26. The zero-order valence-corrected chi connectivity index (χ0v) is 19.9. The van der Waals surface area contributed by atoms with Crippen molar-refractivity contribution in [1.82, 2.24) is 0 Å². The third-order valence-electron chi connectivity index (χ3n) is 6.24. The summed E-state index contributed by atoms with van der Waals surface area (Å²) in [5, 5.41) is 0. The highest BCUT2D eigenvalue weighted by molar-refractivity contribution is 5.77. The van der Waals surface area contributed by atoms with Gasteiger partial charge in [0.25, 0.3) is 0 Å². The van der Waals surface area contributed by atoms with Crippen LogP contribution in [0, 0.1) is 18.3 Å². The number of fused-ring (bicyclic) bond motifs is 1. The number of terminal acetylenes is 1. The van der Waals surface area contributed by atoms with Crippen molar-refractivity contribution in [3.63, 3.8) is 0 Å². The third-order valence-corrected chi connectivity index (χ3v) is 6.24. The monoisotopic (exact) mass is 401 g/mol. The van der Waals surface area contributed by atoms with E-state index in [1.807, 2.05) is 7.05 Å². The van der Waals surface area contributed by atoms with Gasteiger partial charge in [0.05, 0.1) is 5.92 Å². The Labute approximate surface area is 185 Å². The van der Waals surface area contributed by atoms with Gasteiger partial charge in [0.15, 0.2) is 0 Å². The number of aliphatic imine (C=N–C) groups is 1.